The average molecular weight is 245 g/mol. The van der Waals surface area contributed by atoms with Crippen LogP contribution in [0.5, 0.6) is 5.75 Å². The van der Waals surface area contributed by atoms with Gasteiger partial charge in [0, 0.05) is 11.7 Å². The van der Waals surface area contributed by atoms with E-state index in [1.165, 1.54) is 18.5 Å². The molecule has 1 aliphatic rings. The van der Waals surface area contributed by atoms with Gasteiger partial charge in [0.25, 0.3) is 0 Å². The van der Waals surface area contributed by atoms with E-state index in [0.717, 1.165) is 18.4 Å². The Bertz CT molecular complexity index is 421. The van der Waals surface area contributed by atoms with Crippen LogP contribution >= 0.6 is 0 Å². The van der Waals surface area contributed by atoms with Crippen molar-refractivity contribution in [3.05, 3.63) is 41.6 Å². The monoisotopic (exact) mass is 245 g/mol. The molecule has 98 valence electrons. The first-order chi connectivity index (χ1) is 8.69. The molecule has 1 saturated carbocycles. The lowest BCUT2D eigenvalue weighted by Gasteiger charge is -2.16. The summed E-state index contributed by atoms with van der Waals surface area (Å²) in [6.45, 7) is 4.49. The standard InChI is InChI=1S/C16H23NO/c1-3-12(2)16(17-14-8-9-14)10-7-13-5-4-6-15(18)11-13/h4-6,10-12,14,17-18H,3,7-9H2,1-2H3/b16-10+. The van der Waals surface area contributed by atoms with Gasteiger partial charge < -0.3 is 10.4 Å². The van der Waals surface area contributed by atoms with Gasteiger partial charge in [-0.25, -0.2) is 0 Å². The summed E-state index contributed by atoms with van der Waals surface area (Å²) >= 11 is 0. The molecule has 0 heterocycles. The second-order valence-corrected chi connectivity index (χ2v) is 5.26. The van der Waals surface area contributed by atoms with Crippen LogP contribution in [0, 0.1) is 5.92 Å². The van der Waals surface area contributed by atoms with Crippen molar-refractivity contribution in [2.75, 3.05) is 0 Å². The Hall–Kier alpha value is -1.44. The second-order valence-electron chi connectivity index (χ2n) is 5.26. The number of phenolic OH excluding ortho intramolecular Hbond substituents is 1. The number of benzene rings is 1. The van der Waals surface area contributed by atoms with Crippen LogP contribution in [0.15, 0.2) is 36.0 Å². The molecule has 0 spiro atoms. The number of nitrogens with one attached hydrogen (secondary N) is 1. The predicted octanol–water partition coefficient (Wildman–Crippen LogP) is 3.62. The second kappa shape index (κ2) is 5.94. The van der Waals surface area contributed by atoms with Crippen molar-refractivity contribution in [2.24, 2.45) is 5.92 Å². The van der Waals surface area contributed by atoms with E-state index in [1.807, 2.05) is 12.1 Å². The summed E-state index contributed by atoms with van der Waals surface area (Å²) in [7, 11) is 0. The first-order valence-electron chi connectivity index (χ1n) is 6.93. The Kier molecular flexibility index (Phi) is 4.29. The summed E-state index contributed by atoms with van der Waals surface area (Å²) in [4.78, 5) is 0. The Morgan fingerprint density at radius 1 is 1.50 bits per heavy atom. The number of aromatic hydroxyl groups is 1. The minimum absolute atomic E-state index is 0.348. The molecule has 18 heavy (non-hydrogen) atoms. The molecule has 0 radical (unpaired) electrons. The van der Waals surface area contributed by atoms with Gasteiger partial charge in [-0.2, -0.15) is 0 Å². The number of allylic oxidation sites excluding steroid dienone is 2. The van der Waals surface area contributed by atoms with Gasteiger partial charge in [0.1, 0.15) is 5.75 Å². The number of hydrogen-bond donors (Lipinski definition) is 2. The molecule has 1 aromatic carbocycles. The highest BCUT2D eigenvalue weighted by atomic mass is 16.3. The van der Waals surface area contributed by atoms with E-state index < -0.39 is 0 Å². The molecule has 1 aliphatic carbocycles. The maximum absolute atomic E-state index is 9.45. The first kappa shape index (κ1) is 13.0. The van der Waals surface area contributed by atoms with Crippen LogP contribution in [0.25, 0.3) is 0 Å². The van der Waals surface area contributed by atoms with Crippen molar-refractivity contribution in [2.45, 2.75) is 45.6 Å². The summed E-state index contributed by atoms with van der Waals surface area (Å²) in [6.07, 6.45) is 6.93. The molecule has 1 unspecified atom stereocenters. The molecule has 2 heteroatoms. The molecule has 0 aromatic heterocycles. The van der Waals surface area contributed by atoms with Crippen LogP contribution in [0.4, 0.5) is 0 Å². The minimum Gasteiger partial charge on any atom is -0.508 e. The molecule has 2 nitrogen and oxygen atoms in total. The summed E-state index contributed by atoms with van der Waals surface area (Å²) < 4.78 is 0. The van der Waals surface area contributed by atoms with Crippen LogP contribution in [0.2, 0.25) is 0 Å². The van der Waals surface area contributed by atoms with Crippen molar-refractivity contribution in [1.82, 2.24) is 5.32 Å². The van der Waals surface area contributed by atoms with E-state index in [2.05, 4.69) is 31.3 Å². The molecule has 1 aromatic rings. The summed E-state index contributed by atoms with van der Waals surface area (Å²) in [5.41, 5.74) is 2.52. The van der Waals surface area contributed by atoms with E-state index >= 15 is 0 Å². The lowest BCUT2D eigenvalue weighted by atomic mass is 10.0. The predicted molar refractivity (Wildman–Crippen MR) is 75.5 cm³/mol. The van der Waals surface area contributed by atoms with Gasteiger partial charge in [0.05, 0.1) is 0 Å². The van der Waals surface area contributed by atoms with Crippen molar-refractivity contribution < 1.29 is 5.11 Å². The quantitative estimate of drug-likeness (QED) is 0.802. The van der Waals surface area contributed by atoms with Crippen LogP contribution in [-0.4, -0.2) is 11.1 Å². The molecular formula is C16H23NO. The Morgan fingerprint density at radius 2 is 2.28 bits per heavy atom. The normalized spacial score (nSPS) is 17.6. The number of rotatable bonds is 6. The van der Waals surface area contributed by atoms with E-state index in [4.69, 9.17) is 0 Å². The highest BCUT2D eigenvalue weighted by Crippen LogP contribution is 2.24. The third-order valence-electron chi connectivity index (χ3n) is 3.56. The fourth-order valence-electron chi connectivity index (χ4n) is 2.00. The maximum atomic E-state index is 9.45. The lowest BCUT2D eigenvalue weighted by Crippen LogP contribution is -2.20. The molecule has 2 N–H and O–H groups in total. The summed E-state index contributed by atoms with van der Waals surface area (Å²) in [6, 6.07) is 8.21. The molecule has 0 saturated heterocycles. The molecular weight excluding hydrogens is 222 g/mol. The molecule has 2 rings (SSSR count). The van der Waals surface area contributed by atoms with Gasteiger partial charge in [0.2, 0.25) is 0 Å². The van der Waals surface area contributed by atoms with Crippen molar-refractivity contribution in [1.29, 1.82) is 0 Å². The topological polar surface area (TPSA) is 32.3 Å². The maximum Gasteiger partial charge on any atom is 0.115 e. The van der Waals surface area contributed by atoms with Gasteiger partial charge in [-0.05, 0) is 49.3 Å². The smallest absolute Gasteiger partial charge is 0.115 e. The zero-order chi connectivity index (χ0) is 13.0. The number of hydrogen-bond acceptors (Lipinski definition) is 2. The zero-order valence-electron chi connectivity index (χ0n) is 11.3. The third kappa shape index (κ3) is 3.80. The SMILES string of the molecule is CCC(C)/C(=C\Cc1cccc(O)c1)NC1CC1. The fourth-order valence-corrected chi connectivity index (χ4v) is 2.00. The molecule has 0 aliphatic heterocycles. The van der Waals surface area contributed by atoms with Crippen molar-refractivity contribution in [3.63, 3.8) is 0 Å². The van der Waals surface area contributed by atoms with Crippen LogP contribution < -0.4 is 5.32 Å². The van der Waals surface area contributed by atoms with E-state index in [-0.39, 0.29) is 0 Å². The van der Waals surface area contributed by atoms with E-state index in [0.29, 0.717) is 17.7 Å². The summed E-state index contributed by atoms with van der Waals surface area (Å²) in [5.74, 6) is 0.934. The molecule has 0 bridgehead atoms. The van der Waals surface area contributed by atoms with E-state index in [1.54, 1.807) is 6.07 Å². The Balaban J connectivity index is 2.02. The van der Waals surface area contributed by atoms with Crippen LogP contribution in [0.3, 0.4) is 0 Å². The Morgan fingerprint density at radius 3 is 2.89 bits per heavy atom. The van der Waals surface area contributed by atoms with Gasteiger partial charge in [-0.1, -0.05) is 32.1 Å². The third-order valence-corrected chi connectivity index (χ3v) is 3.56. The van der Waals surface area contributed by atoms with Gasteiger partial charge in [0.15, 0.2) is 0 Å². The lowest BCUT2D eigenvalue weighted by molar-refractivity contribution is 0.474. The van der Waals surface area contributed by atoms with Crippen molar-refractivity contribution >= 4 is 0 Å². The highest BCUT2D eigenvalue weighted by molar-refractivity contribution is 5.29. The minimum atomic E-state index is 0.348. The van der Waals surface area contributed by atoms with Gasteiger partial charge in [-0.3, -0.25) is 0 Å². The zero-order valence-corrected chi connectivity index (χ0v) is 11.3. The van der Waals surface area contributed by atoms with Gasteiger partial charge >= 0.3 is 0 Å². The molecule has 0 amide bonds. The van der Waals surface area contributed by atoms with E-state index in [9.17, 15) is 5.11 Å². The fraction of sp³-hybridized carbons (Fsp3) is 0.500. The highest BCUT2D eigenvalue weighted by Gasteiger charge is 2.22. The van der Waals surface area contributed by atoms with Crippen molar-refractivity contribution in [3.8, 4) is 5.75 Å². The average Bonchev–Trinajstić information content (AvgIpc) is 3.17. The Labute approximate surface area is 110 Å². The van der Waals surface area contributed by atoms with Gasteiger partial charge in [-0.15, -0.1) is 0 Å². The summed E-state index contributed by atoms with van der Waals surface area (Å²) in [5, 5.41) is 13.1. The van der Waals surface area contributed by atoms with Crippen LogP contribution in [0.1, 0.15) is 38.7 Å². The van der Waals surface area contributed by atoms with Crippen LogP contribution in [-0.2, 0) is 6.42 Å². The number of phenols is 1. The molecule has 1 atom stereocenters. The first-order valence-corrected chi connectivity index (χ1v) is 6.93. The largest absolute Gasteiger partial charge is 0.508 e. The molecule has 1 fully saturated rings.